The number of halogens is 5. The first kappa shape index (κ1) is 21.2. The summed E-state index contributed by atoms with van der Waals surface area (Å²) in [5.74, 6) is -0.968. The van der Waals surface area contributed by atoms with Crippen molar-refractivity contribution >= 4 is 29.8 Å². The van der Waals surface area contributed by atoms with Gasteiger partial charge < -0.3 is 0 Å². The third kappa shape index (κ3) is 4.37. The van der Waals surface area contributed by atoms with Gasteiger partial charge in [0.05, 0.1) is 0 Å². The van der Waals surface area contributed by atoms with Gasteiger partial charge >= 0.3 is 179 Å². The van der Waals surface area contributed by atoms with Crippen molar-refractivity contribution in [3.63, 3.8) is 0 Å². The molecule has 4 rings (SSSR count). The number of aromatic nitrogens is 1. The molecule has 31 heavy (non-hydrogen) atoms. The van der Waals surface area contributed by atoms with E-state index in [9.17, 15) is 22.4 Å². The van der Waals surface area contributed by atoms with Gasteiger partial charge in [0.25, 0.3) is 0 Å². The maximum atomic E-state index is 13.7. The predicted molar refractivity (Wildman–Crippen MR) is 109 cm³/mol. The molecule has 0 spiro atoms. The summed E-state index contributed by atoms with van der Waals surface area (Å²) < 4.78 is 60.1. The van der Waals surface area contributed by atoms with Crippen molar-refractivity contribution in [1.29, 1.82) is 0 Å². The predicted octanol–water partition coefficient (Wildman–Crippen LogP) is 5.32. The summed E-state index contributed by atoms with van der Waals surface area (Å²) in [5, 5.41) is 2.50. The van der Waals surface area contributed by atoms with Crippen LogP contribution in [0.5, 0.6) is 0 Å². The van der Waals surface area contributed by atoms with Crippen LogP contribution < -0.4 is 5.32 Å². The number of hydrogen-bond donors (Lipinski definition) is 1. The first-order valence-electron chi connectivity index (χ1n) is 9.21. The average Bonchev–Trinajstić information content (AvgIpc) is 3.37. The summed E-state index contributed by atoms with van der Waals surface area (Å²) in [6.07, 6.45) is -0.132. The molecule has 3 aromatic heterocycles. The van der Waals surface area contributed by atoms with Crippen LogP contribution in [0.4, 0.5) is 17.6 Å². The van der Waals surface area contributed by atoms with Crippen LogP contribution in [0.2, 0.25) is 5.15 Å². The van der Waals surface area contributed by atoms with E-state index in [2.05, 4.69) is 5.32 Å². The third-order valence-corrected chi connectivity index (χ3v) is 5.22. The summed E-state index contributed by atoms with van der Waals surface area (Å²) in [7, 11) is 0. The van der Waals surface area contributed by atoms with Crippen molar-refractivity contribution in [3.05, 3.63) is 82.7 Å². The number of amides is 1. The molecule has 0 fully saturated rings. The molecule has 10 heteroatoms. The van der Waals surface area contributed by atoms with Crippen LogP contribution in [0.3, 0.4) is 0 Å². The van der Waals surface area contributed by atoms with Gasteiger partial charge in [0.15, 0.2) is 0 Å². The van der Waals surface area contributed by atoms with Crippen molar-refractivity contribution in [2.75, 3.05) is 6.54 Å². The number of fused-ring (bicyclic) bond motifs is 1. The van der Waals surface area contributed by atoms with E-state index in [1.54, 1.807) is 12.1 Å². The van der Waals surface area contributed by atoms with Gasteiger partial charge in [-0.15, -0.1) is 0 Å². The zero-order chi connectivity index (χ0) is 22.2. The molecule has 0 radical (unpaired) electrons. The zero-order valence-corrected chi connectivity index (χ0v) is 16.6. The van der Waals surface area contributed by atoms with Crippen molar-refractivity contribution in [1.82, 2.24) is 9.72 Å². The van der Waals surface area contributed by atoms with Crippen LogP contribution in [0, 0.1) is 5.82 Å². The Labute approximate surface area is 179 Å². The van der Waals surface area contributed by atoms with Gasteiger partial charge in [-0.05, 0) is 0 Å². The van der Waals surface area contributed by atoms with E-state index in [0.717, 1.165) is 22.9 Å². The molecule has 1 N–H and O–H groups in total. The van der Waals surface area contributed by atoms with E-state index in [-0.39, 0.29) is 33.9 Å². The van der Waals surface area contributed by atoms with Crippen molar-refractivity contribution in [2.45, 2.75) is 12.6 Å². The molecule has 1 amide bonds. The molecule has 0 unspecified atom stereocenters. The number of hydrogen-bond acceptors (Lipinski definition) is 2. The zero-order valence-electron chi connectivity index (χ0n) is 15.8. The number of carbonyl (C=O) groups excluding carboxylic acids is 1. The Morgan fingerprint density at radius 2 is 1.90 bits per heavy atom. The normalized spacial score (nSPS) is 11.6. The van der Waals surface area contributed by atoms with Crippen molar-refractivity contribution in [3.8, 4) is 11.1 Å². The SMILES string of the molecule is O=C(NCCc1ccc(F)cc1)c1bc2c(C(F)(F)F)cc(-c3ccoc3)cn2c1Cl. The topological polar surface area (TPSA) is 46.7 Å². The number of nitrogens with zero attached hydrogens (tertiary/aromatic N) is 1. The summed E-state index contributed by atoms with van der Waals surface area (Å²) in [6, 6.07) is 8.33. The number of rotatable bonds is 5. The van der Waals surface area contributed by atoms with Crippen LogP contribution >= 0.6 is 11.6 Å². The summed E-state index contributed by atoms with van der Waals surface area (Å²) in [6.45, 7) is 1.33. The van der Waals surface area contributed by atoms with Crippen LogP contribution in [0.15, 0.2) is 59.5 Å². The standard InChI is InChI=1S/C21H14BClF4N2O2/c23-19-17(20(30)28-7-5-12-1-3-15(24)4-2-12)22-18-16(21(25,26)27)9-14(10-29(18)19)13-6-8-31-11-13/h1-4,6,8-11H,5,7H2,(H,28,30). The second-order valence-electron chi connectivity index (χ2n) is 6.89. The van der Waals surface area contributed by atoms with Gasteiger partial charge in [0.1, 0.15) is 0 Å². The summed E-state index contributed by atoms with van der Waals surface area (Å²) in [5.41, 5.74) is 0.276. The molecular weight excluding hydrogens is 435 g/mol. The number of alkyl halides is 3. The molecule has 0 aliphatic carbocycles. The van der Waals surface area contributed by atoms with Gasteiger partial charge in [-0.2, -0.15) is 0 Å². The Bertz CT molecular complexity index is 1240. The molecule has 4 nitrogen and oxygen atoms in total. The third-order valence-electron chi connectivity index (χ3n) is 4.84. The van der Waals surface area contributed by atoms with Gasteiger partial charge in [-0.1, -0.05) is 0 Å². The number of pyridine rings is 1. The Hall–Kier alpha value is -3.07. The van der Waals surface area contributed by atoms with Gasteiger partial charge in [-0.25, -0.2) is 0 Å². The van der Waals surface area contributed by atoms with Crippen LogP contribution in [-0.2, 0) is 12.6 Å². The molecule has 3 heterocycles. The molecule has 158 valence electrons. The summed E-state index contributed by atoms with van der Waals surface area (Å²) in [4.78, 5) is 12.6. The molecule has 0 saturated carbocycles. The minimum absolute atomic E-state index is 0.0735. The van der Waals surface area contributed by atoms with E-state index < -0.39 is 17.6 Å². The van der Waals surface area contributed by atoms with Crippen molar-refractivity contribution < 1.29 is 26.8 Å². The summed E-state index contributed by atoms with van der Waals surface area (Å²) >= 11 is 6.29. The fourth-order valence-corrected chi connectivity index (χ4v) is 3.56. The first-order valence-corrected chi connectivity index (χ1v) is 9.59. The maximum absolute atomic E-state index is 13.7. The molecule has 4 aromatic rings. The fraction of sp³-hybridized carbons (Fsp3) is 0.143. The molecule has 0 saturated heterocycles. The van der Waals surface area contributed by atoms with Crippen molar-refractivity contribution in [2.24, 2.45) is 0 Å². The second kappa shape index (κ2) is 8.22. The number of carbonyl (C=O) groups is 1. The minimum atomic E-state index is -4.65. The quantitative estimate of drug-likeness (QED) is 0.420. The molecule has 0 aliphatic heterocycles. The number of benzene rings is 1. The first-order chi connectivity index (χ1) is 14.7. The Morgan fingerprint density at radius 3 is 2.55 bits per heavy atom. The van der Waals surface area contributed by atoms with Crippen LogP contribution in [-0.4, -0.2) is 23.8 Å². The van der Waals surface area contributed by atoms with E-state index in [0.29, 0.717) is 12.0 Å². The van der Waals surface area contributed by atoms with E-state index >= 15 is 0 Å². The van der Waals surface area contributed by atoms with E-state index in [4.69, 9.17) is 16.0 Å². The van der Waals surface area contributed by atoms with Gasteiger partial charge in [-0.3, -0.25) is 0 Å². The Kier molecular flexibility index (Phi) is 5.62. The number of nitrogens with one attached hydrogen (secondary N) is 1. The van der Waals surface area contributed by atoms with Crippen LogP contribution in [0.25, 0.3) is 16.5 Å². The Balaban J connectivity index is 1.64. The number of furan rings is 1. The van der Waals surface area contributed by atoms with Crippen LogP contribution in [0.1, 0.15) is 21.4 Å². The second-order valence-corrected chi connectivity index (χ2v) is 7.25. The van der Waals surface area contributed by atoms with Gasteiger partial charge in [0, 0.05) is 0 Å². The molecule has 1 aromatic carbocycles. The molecular formula is C21H14BClF4N2O2. The molecule has 0 atom stereocenters. The van der Waals surface area contributed by atoms with E-state index in [1.165, 1.54) is 36.9 Å². The average molecular weight is 449 g/mol. The monoisotopic (exact) mass is 448 g/mol. The fourth-order valence-electron chi connectivity index (χ4n) is 3.28. The van der Waals surface area contributed by atoms with Gasteiger partial charge in [0.2, 0.25) is 0 Å². The Morgan fingerprint density at radius 1 is 1.16 bits per heavy atom. The molecule has 0 aliphatic rings. The molecule has 0 bridgehead atoms. The van der Waals surface area contributed by atoms with E-state index in [1.807, 2.05) is 0 Å².